The van der Waals surface area contributed by atoms with E-state index in [9.17, 15) is 0 Å². The lowest BCUT2D eigenvalue weighted by Gasteiger charge is -2.32. The van der Waals surface area contributed by atoms with Crippen LogP contribution in [0, 0.1) is 11.8 Å². The first-order valence-corrected chi connectivity index (χ1v) is 7.61. The molecule has 1 nitrogen and oxygen atoms in total. The molecule has 15 heavy (non-hydrogen) atoms. The summed E-state index contributed by atoms with van der Waals surface area (Å²) in [6.07, 6.45) is 8.56. The van der Waals surface area contributed by atoms with E-state index in [0.29, 0.717) is 4.83 Å². The number of thiazole rings is 1. The molecule has 0 bridgehead atoms. The fourth-order valence-electron chi connectivity index (χ4n) is 2.48. The van der Waals surface area contributed by atoms with Crippen molar-refractivity contribution >= 4 is 27.3 Å². The number of halogens is 1. The molecule has 1 aliphatic carbocycles. The van der Waals surface area contributed by atoms with Crippen molar-refractivity contribution in [2.45, 2.75) is 43.9 Å². The lowest BCUT2D eigenvalue weighted by molar-refractivity contribution is 0.271. The molecule has 0 saturated heterocycles. The summed E-state index contributed by atoms with van der Waals surface area (Å²) in [6.45, 7) is 2.32. The minimum Gasteiger partial charge on any atom is -0.250 e. The monoisotopic (exact) mass is 287 g/mol. The van der Waals surface area contributed by atoms with Crippen molar-refractivity contribution in [2.75, 3.05) is 0 Å². The largest absolute Gasteiger partial charge is 0.250 e. The Morgan fingerprint density at radius 3 is 3.07 bits per heavy atom. The quantitative estimate of drug-likeness (QED) is 0.757. The minimum absolute atomic E-state index is 0.712. The number of hydrogen-bond acceptors (Lipinski definition) is 2. The van der Waals surface area contributed by atoms with Gasteiger partial charge >= 0.3 is 0 Å². The summed E-state index contributed by atoms with van der Waals surface area (Å²) < 4.78 is 0. The second-order valence-electron chi connectivity index (χ2n) is 4.49. The third-order valence-corrected chi connectivity index (χ3v) is 5.50. The summed E-state index contributed by atoms with van der Waals surface area (Å²) in [7, 11) is 0. The summed E-state index contributed by atoms with van der Waals surface area (Å²) >= 11 is 5.63. The van der Waals surface area contributed by atoms with E-state index in [4.69, 9.17) is 0 Å². The number of rotatable bonds is 3. The Kier molecular flexibility index (Phi) is 4.21. The second-order valence-corrected chi connectivity index (χ2v) is 6.65. The van der Waals surface area contributed by atoms with Gasteiger partial charge in [0.1, 0.15) is 0 Å². The van der Waals surface area contributed by atoms with E-state index in [2.05, 4.69) is 33.2 Å². The smallest absolute Gasteiger partial charge is 0.0927 e. The third kappa shape index (κ3) is 3.04. The Morgan fingerprint density at radius 1 is 1.53 bits per heavy atom. The van der Waals surface area contributed by atoms with Gasteiger partial charge in [-0.15, -0.1) is 11.3 Å². The molecule has 1 heterocycles. The van der Waals surface area contributed by atoms with Gasteiger partial charge in [-0.05, 0) is 31.1 Å². The predicted molar refractivity (Wildman–Crippen MR) is 69.7 cm³/mol. The maximum atomic E-state index is 4.39. The summed E-state index contributed by atoms with van der Waals surface area (Å²) in [5, 5.41) is 3.39. The molecule has 3 unspecified atom stereocenters. The molecule has 84 valence electrons. The van der Waals surface area contributed by atoms with Crippen LogP contribution in [0.15, 0.2) is 11.6 Å². The van der Waals surface area contributed by atoms with Gasteiger partial charge in [0.05, 0.1) is 5.01 Å². The number of nitrogens with zero attached hydrogens (tertiary/aromatic N) is 1. The molecule has 0 N–H and O–H groups in total. The highest BCUT2D eigenvalue weighted by molar-refractivity contribution is 9.09. The first-order chi connectivity index (χ1) is 7.29. The Hall–Kier alpha value is 0.110. The van der Waals surface area contributed by atoms with Gasteiger partial charge in [0, 0.05) is 22.8 Å². The van der Waals surface area contributed by atoms with Crippen LogP contribution in [0.2, 0.25) is 0 Å². The summed E-state index contributed by atoms with van der Waals surface area (Å²) in [6, 6.07) is 0. The Morgan fingerprint density at radius 2 is 2.40 bits per heavy atom. The molecule has 0 aromatic carbocycles. The van der Waals surface area contributed by atoms with E-state index in [1.165, 1.54) is 37.1 Å². The van der Waals surface area contributed by atoms with Crippen LogP contribution >= 0.6 is 27.3 Å². The third-order valence-electron chi connectivity index (χ3n) is 3.50. The Bertz CT molecular complexity index is 286. The number of hydrogen-bond donors (Lipinski definition) is 0. The lowest BCUT2D eigenvalue weighted by Crippen LogP contribution is -2.26. The van der Waals surface area contributed by atoms with Gasteiger partial charge in [0.25, 0.3) is 0 Å². The van der Waals surface area contributed by atoms with Crippen LogP contribution in [0.3, 0.4) is 0 Å². The van der Waals surface area contributed by atoms with Crippen LogP contribution in [-0.4, -0.2) is 9.81 Å². The zero-order chi connectivity index (χ0) is 10.7. The predicted octanol–water partition coefficient (Wildman–Crippen LogP) is 4.28. The molecule has 1 saturated carbocycles. The molecule has 3 heteroatoms. The van der Waals surface area contributed by atoms with E-state index in [1.807, 2.05) is 6.20 Å². The van der Waals surface area contributed by atoms with Gasteiger partial charge in [-0.1, -0.05) is 29.3 Å². The van der Waals surface area contributed by atoms with E-state index in [1.54, 1.807) is 11.3 Å². The average Bonchev–Trinajstić information content (AvgIpc) is 2.74. The molecule has 0 radical (unpaired) electrons. The molecule has 0 spiro atoms. The summed E-state index contributed by atoms with van der Waals surface area (Å²) in [5.74, 6) is 1.75. The Balaban J connectivity index is 1.94. The van der Waals surface area contributed by atoms with Crippen molar-refractivity contribution < 1.29 is 0 Å². The van der Waals surface area contributed by atoms with Crippen molar-refractivity contribution in [2.24, 2.45) is 11.8 Å². The summed E-state index contributed by atoms with van der Waals surface area (Å²) in [4.78, 5) is 5.11. The van der Waals surface area contributed by atoms with Gasteiger partial charge in [0.2, 0.25) is 0 Å². The van der Waals surface area contributed by atoms with Gasteiger partial charge in [-0.2, -0.15) is 0 Å². The van der Waals surface area contributed by atoms with Crippen LogP contribution in [-0.2, 0) is 6.42 Å². The maximum Gasteiger partial charge on any atom is 0.0927 e. The molecule has 2 rings (SSSR count). The average molecular weight is 288 g/mol. The first kappa shape index (κ1) is 11.6. The van der Waals surface area contributed by atoms with E-state index in [0.717, 1.165) is 11.8 Å². The summed E-state index contributed by atoms with van der Waals surface area (Å²) in [5.41, 5.74) is 0. The topological polar surface area (TPSA) is 12.9 Å². The molecule has 1 aromatic heterocycles. The van der Waals surface area contributed by atoms with Crippen molar-refractivity contribution in [3.05, 3.63) is 16.6 Å². The SMILES string of the molecule is CCC1CCC(Br)C(Cc2nccs2)C1. The molecule has 1 aromatic rings. The second kappa shape index (κ2) is 5.44. The van der Waals surface area contributed by atoms with Crippen LogP contribution < -0.4 is 0 Å². The van der Waals surface area contributed by atoms with Crippen molar-refractivity contribution in [3.8, 4) is 0 Å². The fourth-order valence-corrected chi connectivity index (χ4v) is 3.86. The number of aromatic nitrogens is 1. The first-order valence-electron chi connectivity index (χ1n) is 5.82. The van der Waals surface area contributed by atoms with Crippen LogP contribution in [0.5, 0.6) is 0 Å². The molecule has 1 aliphatic rings. The van der Waals surface area contributed by atoms with Crippen molar-refractivity contribution in [1.82, 2.24) is 4.98 Å². The molecule has 1 fully saturated rings. The zero-order valence-corrected chi connectivity index (χ0v) is 11.6. The maximum absolute atomic E-state index is 4.39. The van der Waals surface area contributed by atoms with Crippen molar-refractivity contribution in [1.29, 1.82) is 0 Å². The van der Waals surface area contributed by atoms with Gasteiger partial charge < -0.3 is 0 Å². The molecule has 3 atom stereocenters. The van der Waals surface area contributed by atoms with E-state index < -0.39 is 0 Å². The minimum atomic E-state index is 0.712. The highest BCUT2D eigenvalue weighted by Crippen LogP contribution is 2.37. The molecule has 0 amide bonds. The molecule has 0 aliphatic heterocycles. The molecular weight excluding hydrogens is 270 g/mol. The van der Waals surface area contributed by atoms with Crippen molar-refractivity contribution in [3.63, 3.8) is 0 Å². The van der Waals surface area contributed by atoms with Gasteiger partial charge in [-0.3, -0.25) is 0 Å². The fraction of sp³-hybridized carbons (Fsp3) is 0.750. The van der Waals surface area contributed by atoms with E-state index in [-0.39, 0.29) is 0 Å². The zero-order valence-electron chi connectivity index (χ0n) is 9.16. The van der Waals surface area contributed by atoms with Crippen LogP contribution in [0.4, 0.5) is 0 Å². The van der Waals surface area contributed by atoms with Crippen LogP contribution in [0.25, 0.3) is 0 Å². The van der Waals surface area contributed by atoms with Gasteiger partial charge in [-0.25, -0.2) is 4.98 Å². The lowest BCUT2D eigenvalue weighted by atomic mass is 9.79. The Labute approximate surface area is 104 Å². The van der Waals surface area contributed by atoms with E-state index >= 15 is 0 Å². The standard InChI is InChI=1S/C12H18BrNS/c1-2-9-3-4-11(13)10(7-9)8-12-14-5-6-15-12/h5-6,9-11H,2-4,7-8H2,1H3. The van der Waals surface area contributed by atoms with Crippen LogP contribution in [0.1, 0.15) is 37.6 Å². The number of alkyl halides is 1. The van der Waals surface area contributed by atoms with Gasteiger partial charge in [0.15, 0.2) is 0 Å². The normalized spacial score (nSPS) is 31.7. The highest BCUT2D eigenvalue weighted by Gasteiger charge is 2.28. The highest BCUT2D eigenvalue weighted by atomic mass is 79.9. The molecular formula is C12H18BrNS.